The summed E-state index contributed by atoms with van der Waals surface area (Å²) in [7, 11) is 0. The highest BCUT2D eigenvalue weighted by Crippen LogP contribution is 2.25. The van der Waals surface area contributed by atoms with E-state index in [-0.39, 0.29) is 11.9 Å². The van der Waals surface area contributed by atoms with Crippen LogP contribution in [0, 0.1) is 5.92 Å². The molecule has 1 aromatic rings. The van der Waals surface area contributed by atoms with E-state index in [0.717, 1.165) is 11.3 Å². The van der Waals surface area contributed by atoms with Crippen molar-refractivity contribution in [3.63, 3.8) is 0 Å². The summed E-state index contributed by atoms with van der Waals surface area (Å²) in [5.41, 5.74) is 2.07. The Morgan fingerprint density at radius 2 is 2.33 bits per heavy atom. The molecule has 1 aliphatic heterocycles. The Labute approximate surface area is 88.8 Å². The number of ether oxygens (including phenoxy) is 1. The number of aliphatic imine (C=N–C) groups is 1. The zero-order valence-electron chi connectivity index (χ0n) is 8.64. The Morgan fingerprint density at radius 1 is 1.53 bits per heavy atom. The van der Waals surface area contributed by atoms with Crippen LogP contribution in [0.1, 0.15) is 12.5 Å². The van der Waals surface area contributed by atoms with E-state index >= 15 is 0 Å². The van der Waals surface area contributed by atoms with Crippen LogP contribution in [0.5, 0.6) is 0 Å². The summed E-state index contributed by atoms with van der Waals surface area (Å²) in [6.07, 6.45) is 2.37. The van der Waals surface area contributed by atoms with Gasteiger partial charge in [-0.15, -0.1) is 0 Å². The van der Waals surface area contributed by atoms with Gasteiger partial charge in [0.05, 0.1) is 18.2 Å². The molecule has 0 radical (unpaired) electrons. The first-order valence-electron chi connectivity index (χ1n) is 5.10. The van der Waals surface area contributed by atoms with E-state index in [1.54, 1.807) is 6.21 Å². The van der Waals surface area contributed by atoms with Crippen molar-refractivity contribution in [1.29, 1.82) is 0 Å². The van der Waals surface area contributed by atoms with Crippen molar-refractivity contribution in [2.45, 2.75) is 13.3 Å². The zero-order chi connectivity index (χ0) is 10.7. The maximum Gasteiger partial charge on any atom is 0.314 e. The number of benzene rings is 1. The van der Waals surface area contributed by atoms with Crippen LogP contribution in [0.2, 0.25) is 0 Å². The number of esters is 1. The maximum atomic E-state index is 11.5. The molecular weight excluding hydrogens is 190 g/mol. The lowest BCUT2D eigenvalue weighted by molar-refractivity contribution is -0.145. The van der Waals surface area contributed by atoms with Gasteiger partial charge in [-0.2, -0.15) is 0 Å². The first-order chi connectivity index (χ1) is 7.31. The fourth-order valence-electron chi connectivity index (χ4n) is 1.66. The predicted octanol–water partition coefficient (Wildman–Crippen LogP) is 2.12. The molecule has 0 saturated carbocycles. The largest absolute Gasteiger partial charge is 0.465 e. The monoisotopic (exact) mass is 203 g/mol. The molecule has 0 amide bonds. The van der Waals surface area contributed by atoms with Crippen LogP contribution in [0.15, 0.2) is 29.3 Å². The predicted molar refractivity (Wildman–Crippen MR) is 58.4 cm³/mol. The summed E-state index contributed by atoms with van der Waals surface area (Å²) in [5, 5.41) is 0. The van der Waals surface area contributed by atoms with Gasteiger partial charge in [0.2, 0.25) is 0 Å². The summed E-state index contributed by atoms with van der Waals surface area (Å²) >= 11 is 0. The smallest absolute Gasteiger partial charge is 0.314 e. The van der Waals surface area contributed by atoms with Crippen LogP contribution < -0.4 is 0 Å². The standard InChI is InChI=1S/C12H13NO2/c1-2-15-12(14)10-7-9-5-3-4-6-11(9)13-8-10/h3-6,8,10H,2,7H2,1H3. The molecule has 0 aliphatic carbocycles. The highest BCUT2D eigenvalue weighted by Gasteiger charge is 2.22. The lowest BCUT2D eigenvalue weighted by Gasteiger charge is -2.16. The van der Waals surface area contributed by atoms with Gasteiger partial charge in [-0.3, -0.25) is 9.79 Å². The first-order valence-corrected chi connectivity index (χ1v) is 5.10. The van der Waals surface area contributed by atoms with E-state index < -0.39 is 0 Å². The molecule has 0 N–H and O–H groups in total. The van der Waals surface area contributed by atoms with Gasteiger partial charge in [-0.25, -0.2) is 0 Å². The molecule has 1 unspecified atom stereocenters. The Hall–Kier alpha value is -1.64. The van der Waals surface area contributed by atoms with E-state index in [1.165, 1.54) is 0 Å². The number of rotatable bonds is 2. The normalized spacial score (nSPS) is 18.3. The van der Waals surface area contributed by atoms with Gasteiger partial charge in [0.1, 0.15) is 0 Å². The summed E-state index contributed by atoms with van der Waals surface area (Å²) in [5.74, 6) is -0.407. The molecule has 0 bridgehead atoms. The van der Waals surface area contributed by atoms with Crippen LogP contribution in [-0.2, 0) is 16.0 Å². The minimum atomic E-state index is -0.222. The molecule has 15 heavy (non-hydrogen) atoms. The molecule has 0 spiro atoms. The van der Waals surface area contributed by atoms with E-state index in [4.69, 9.17) is 4.74 Å². The topological polar surface area (TPSA) is 38.7 Å². The van der Waals surface area contributed by atoms with Crippen molar-refractivity contribution >= 4 is 17.9 Å². The number of fused-ring (bicyclic) bond motifs is 1. The van der Waals surface area contributed by atoms with Crippen molar-refractivity contribution in [3.05, 3.63) is 29.8 Å². The summed E-state index contributed by atoms with van der Waals surface area (Å²) < 4.78 is 4.97. The molecule has 0 fully saturated rings. The number of hydrogen-bond acceptors (Lipinski definition) is 3. The molecule has 3 nitrogen and oxygen atoms in total. The molecule has 1 aliphatic rings. The fraction of sp³-hybridized carbons (Fsp3) is 0.333. The molecule has 3 heteroatoms. The number of nitrogens with zero attached hydrogens (tertiary/aromatic N) is 1. The maximum absolute atomic E-state index is 11.5. The third-order valence-corrected chi connectivity index (χ3v) is 2.41. The Balaban J connectivity index is 2.15. The molecule has 2 rings (SSSR count). The van der Waals surface area contributed by atoms with E-state index in [2.05, 4.69) is 4.99 Å². The number of para-hydroxylation sites is 1. The van der Waals surface area contributed by atoms with Crippen LogP contribution in [0.4, 0.5) is 5.69 Å². The Kier molecular flexibility index (Phi) is 2.81. The molecular formula is C12H13NO2. The lowest BCUT2D eigenvalue weighted by atomic mass is 9.96. The van der Waals surface area contributed by atoms with Gasteiger partial charge in [0.25, 0.3) is 0 Å². The van der Waals surface area contributed by atoms with Gasteiger partial charge in [0, 0.05) is 6.21 Å². The third-order valence-electron chi connectivity index (χ3n) is 2.41. The first kappa shape index (κ1) is 9.90. The lowest BCUT2D eigenvalue weighted by Crippen LogP contribution is -2.23. The van der Waals surface area contributed by atoms with Crippen LogP contribution in [-0.4, -0.2) is 18.8 Å². The van der Waals surface area contributed by atoms with Crippen LogP contribution >= 0.6 is 0 Å². The molecule has 1 aromatic carbocycles. The second-order valence-corrected chi connectivity index (χ2v) is 3.47. The van der Waals surface area contributed by atoms with E-state index in [0.29, 0.717) is 13.0 Å². The summed E-state index contributed by atoms with van der Waals surface area (Å²) in [4.78, 5) is 15.7. The van der Waals surface area contributed by atoms with Gasteiger partial charge >= 0.3 is 5.97 Å². The molecule has 1 heterocycles. The van der Waals surface area contributed by atoms with E-state index in [9.17, 15) is 4.79 Å². The number of hydrogen-bond donors (Lipinski definition) is 0. The average molecular weight is 203 g/mol. The van der Waals surface area contributed by atoms with Gasteiger partial charge < -0.3 is 4.74 Å². The summed E-state index contributed by atoms with van der Waals surface area (Å²) in [6, 6.07) is 7.86. The highest BCUT2D eigenvalue weighted by atomic mass is 16.5. The summed E-state index contributed by atoms with van der Waals surface area (Å²) in [6.45, 7) is 2.23. The SMILES string of the molecule is CCOC(=O)C1C=Nc2ccccc2C1. The van der Waals surface area contributed by atoms with Gasteiger partial charge in [-0.1, -0.05) is 18.2 Å². The minimum absolute atomic E-state index is 0.184. The third kappa shape index (κ3) is 2.06. The van der Waals surface area contributed by atoms with Crippen molar-refractivity contribution in [3.8, 4) is 0 Å². The van der Waals surface area contributed by atoms with Crippen molar-refractivity contribution in [2.75, 3.05) is 6.61 Å². The van der Waals surface area contributed by atoms with Crippen molar-refractivity contribution in [2.24, 2.45) is 10.9 Å². The molecule has 78 valence electrons. The number of carbonyl (C=O) groups is 1. The van der Waals surface area contributed by atoms with Crippen molar-refractivity contribution < 1.29 is 9.53 Å². The van der Waals surface area contributed by atoms with Crippen molar-refractivity contribution in [1.82, 2.24) is 0 Å². The van der Waals surface area contributed by atoms with Gasteiger partial charge in [-0.05, 0) is 25.0 Å². The van der Waals surface area contributed by atoms with Gasteiger partial charge in [0.15, 0.2) is 0 Å². The quantitative estimate of drug-likeness (QED) is 0.690. The minimum Gasteiger partial charge on any atom is -0.465 e. The second kappa shape index (κ2) is 4.26. The Bertz CT molecular complexity index is 398. The van der Waals surface area contributed by atoms with Crippen LogP contribution in [0.3, 0.4) is 0 Å². The van der Waals surface area contributed by atoms with E-state index in [1.807, 2.05) is 31.2 Å². The number of carbonyl (C=O) groups excluding carboxylic acids is 1. The molecule has 0 aromatic heterocycles. The molecule has 0 saturated heterocycles. The Morgan fingerprint density at radius 3 is 3.13 bits per heavy atom. The van der Waals surface area contributed by atoms with Crippen LogP contribution in [0.25, 0.3) is 0 Å². The molecule has 1 atom stereocenters. The highest BCUT2D eigenvalue weighted by molar-refractivity contribution is 5.92. The zero-order valence-corrected chi connectivity index (χ0v) is 8.64. The second-order valence-electron chi connectivity index (χ2n) is 3.47. The average Bonchev–Trinajstić information content (AvgIpc) is 2.29. The fourth-order valence-corrected chi connectivity index (χ4v) is 1.66.